The van der Waals surface area contributed by atoms with Crippen molar-refractivity contribution < 1.29 is 13.7 Å². The van der Waals surface area contributed by atoms with Crippen LogP contribution < -0.4 is 0 Å². The van der Waals surface area contributed by atoms with Gasteiger partial charge in [0, 0.05) is 29.9 Å². The van der Waals surface area contributed by atoms with Gasteiger partial charge in [-0.25, -0.2) is 18.4 Å². The summed E-state index contributed by atoms with van der Waals surface area (Å²) in [5.74, 6) is -0.826. The highest BCUT2D eigenvalue weighted by molar-refractivity contribution is 5.74. The third-order valence-corrected chi connectivity index (χ3v) is 4.73. The zero-order valence-corrected chi connectivity index (χ0v) is 15.9. The molecule has 2 heterocycles. The Morgan fingerprint density at radius 1 is 1.07 bits per heavy atom. The van der Waals surface area contributed by atoms with E-state index in [1.54, 1.807) is 60.4 Å². The van der Waals surface area contributed by atoms with E-state index in [0.29, 0.717) is 22.6 Å². The van der Waals surface area contributed by atoms with Gasteiger partial charge in [0.25, 0.3) is 5.69 Å². The molecule has 0 unspecified atom stereocenters. The lowest BCUT2D eigenvalue weighted by molar-refractivity contribution is -0.384. The third-order valence-electron chi connectivity index (χ3n) is 4.73. The topological polar surface area (TPSA) is 73.8 Å². The van der Waals surface area contributed by atoms with Gasteiger partial charge in [-0.05, 0) is 55.0 Å². The highest BCUT2D eigenvalue weighted by Gasteiger charge is 2.22. The van der Waals surface area contributed by atoms with Crippen molar-refractivity contribution in [2.75, 3.05) is 0 Å². The van der Waals surface area contributed by atoms with Crippen LogP contribution in [0.4, 0.5) is 14.5 Å². The monoisotopic (exact) mass is 406 g/mol. The molecule has 6 nitrogen and oxygen atoms in total. The van der Waals surface area contributed by atoms with Crippen LogP contribution in [0.25, 0.3) is 17.1 Å². The number of halogens is 2. The van der Waals surface area contributed by atoms with Crippen LogP contribution in [0.1, 0.15) is 16.7 Å². The molecule has 0 N–H and O–H groups in total. The molecular formula is C22H16F2N4O2. The summed E-state index contributed by atoms with van der Waals surface area (Å²) in [5.41, 5.74) is 1.39. The molecule has 0 aliphatic rings. The number of rotatable bonds is 5. The van der Waals surface area contributed by atoms with Gasteiger partial charge < -0.3 is 0 Å². The van der Waals surface area contributed by atoms with E-state index in [2.05, 4.69) is 10.1 Å². The molecule has 4 aromatic rings. The summed E-state index contributed by atoms with van der Waals surface area (Å²) in [5, 5.41) is 15.9. The lowest BCUT2D eigenvalue weighted by Gasteiger charge is -2.11. The molecule has 0 saturated heterocycles. The molecule has 0 atom stereocenters. The normalized spacial score (nSPS) is 10.9. The number of benzene rings is 2. The first kappa shape index (κ1) is 19.4. The van der Waals surface area contributed by atoms with Crippen LogP contribution in [0.15, 0.2) is 67.0 Å². The van der Waals surface area contributed by atoms with Gasteiger partial charge in [-0.3, -0.25) is 10.1 Å². The molecule has 0 bridgehead atoms. The first-order valence-electron chi connectivity index (χ1n) is 9.12. The van der Waals surface area contributed by atoms with Crippen LogP contribution >= 0.6 is 0 Å². The maximum absolute atomic E-state index is 14.1. The Bertz CT molecular complexity index is 1220. The lowest BCUT2D eigenvalue weighted by Crippen LogP contribution is -2.03. The average molecular weight is 406 g/mol. The van der Waals surface area contributed by atoms with Gasteiger partial charge in [0.1, 0.15) is 11.6 Å². The van der Waals surface area contributed by atoms with Crippen LogP contribution in [0.2, 0.25) is 0 Å². The van der Waals surface area contributed by atoms with Crippen molar-refractivity contribution in [2.45, 2.75) is 13.3 Å². The van der Waals surface area contributed by atoms with E-state index < -0.39 is 16.6 Å². The van der Waals surface area contributed by atoms with Crippen molar-refractivity contribution in [3.8, 4) is 17.1 Å². The van der Waals surface area contributed by atoms with Crippen LogP contribution in [-0.2, 0) is 6.42 Å². The first-order chi connectivity index (χ1) is 14.4. The number of pyridine rings is 1. The van der Waals surface area contributed by atoms with E-state index in [-0.39, 0.29) is 23.2 Å². The zero-order chi connectivity index (χ0) is 21.3. The van der Waals surface area contributed by atoms with E-state index in [1.807, 2.05) is 0 Å². The van der Waals surface area contributed by atoms with Gasteiger partial charge in [0.05, 0.1) is 16.2 Å². The highest BCUT2D eigenvalue weighted by atomic mass is 19.1. The van der Waals surface area contributed by atoms with Gasteiger partial charge in [-0.15, -0.1) is 0 Å². The molecular weight excluding hydrogens is 390 g/mol. The molecule has 4 rings (SSSR count). The fourth-order valence-corrected chi connectivity index (χ4v) is 3.40. The fourth-order valence-electron chi connectivity index (χ4n) is 3.40. The second-order valence-electron chi connectivity index (χ2n) is 6.77. The molecule has 0 aliphatic heterocycles. The Hall–Kier alpha value is -3.94. The van der Waals surface area contributed by atoms with E-state index in [9.17, 15) is 18.9 Å². The minimum Gasteiger partial charge on any atom is -0.258 e. The SMILES string of the molecule is Cc1cc(Cc2c(F)cccc2F)cc(-c2cccc(-n3cccn3)n2)c1[N+](=O)[O-]. The summed E-state index contributed by atoms with van der Waals surface area (Å²) in [4.78, 5) is 15.8. The van der Waals surface area contributed by atoms with Gasteiger partial charge in [0.15, 0.2) is 5.82 Å². The van der Waals surface area contributed by atoms with Crippen molar-refractivity contribution in [3.05, 3.63) is 105 Å². The number of hydrogen-bond donors (Lipinski definition) is 0. The Balaban J connectivity index is 1.85. The molecule has 0 spiro atoms. The van der Waals surface area contributed by atoms with Crippen molar-refractivity contribution in [1.29, 1.82) is 0 Å². The molecule has 0 fully saturated rings. The van der Waals surface area contributed by atoms with Crippen LogP contribution in [-0.4, -0.2) is 19.7 Å². The van der Waals surface area contributed by atoms with E-state index in [4.69, 9.17) is 0 Å². The Morgan fingerprint density at radius 3 is 2.47 bits per heavy atom. The number of aromatic nitrogens is 3. The maximum Gasteiger partial charge on any atom is 0.281 e. The smallest absolute Gasteiger partial charge is 0.258 e. The van der Waals surface area contributed by atoms with Crippen molar-refractivity contribution in [2.24, 2.45) is 0 Å². The van der Waals surface area contributed by atoms with Crippen LogP contribution in [0.3, 0.4) is 0 Å². The number of nitro benzene ring substituents is 1. The minimum absolute atomic E-state index is 0.0385. The van der Waals surface area contributed by atoms with Crippen LogP contribution in [0.5, 0.6) is 0 Å². The van der Waals surface area contributed by atoms with E-state index in [1.165, 1.54) is 18.2 Å². The number of nitro groups is 1. The van der Waals surface area contributed by atoms with E-state index >= 15 is 0 Å². The summed E-state index contributed by atoms with van der Waals surface area (Å²) < 4.78 is 29.8. The predicted octanol–water partition coefficient (Wildman–Crippen LogP) is 5.02. The van der Waals surface area contributed by atoms with Gasteiger partial charge >= 0.3 is 0 Å². The van der Waals surface area contributed by atoms with Crippen molar-refractivity contribution >= 4 is 5.69 Å². The molecule has 8 heteroatoms. The average Bonchev–Trinajstić information content (AvgIpc) is 3.25. The molecule has 0 amide bonds. The summed E-state index contributed by atoms with van der Waals surface area (Å²) in [6.07, 6.45) is 3.27. The molecule has 0 radical (unpaired) electrons. The maximum atomic E-state index is 14.1. The fraction of sp³-hybridized carbons (Fsp3) is 0.0909. The molecule has 30 heavy (non-hydrogen) atoms. The summed E-state index contributed by atoms with van der Waals surface area (Å²) >= 11 is 0. The first-order valence-corrected chi connectivity index (χ1v) is 9.12. The van der Waals surface area contributed by atoms with Crippen molar-refractivity contribution in [3.63, 3.8) is 0 Å². The zero-order valence-electron chi connectivity index (χ0n) is 15.9. The number of hydrogen-bond acceptors (Lipinski definition) is 4. The minimum atomic E-state index is -0.661. The summed E-state index contributed by atoms with van der Waals surface area (Å²) in [6.45, 7) is 1.60. The summed E-state index contributed by atoms with van der Waals surface area (Å²) in [7, 11) is 0. The quantitative estimate of drug-likeness (QED) is 0.345. The van der Waals surface area contributed by atoms with E-state index in [0.717, 1.165) is 0 Å². The molecule has 2 aromatic carbocycles. The molecule has 0 saturated carbocycles. The number of nitrogens with zero attached hydrogens (tertiary/aromatic N) is 4. The largest absolute Gasteiger partial charge is 0.281 e. The second kappa shape index (κ2) is 7.82. The molecule has 0 aliphatic carbocycles. The Labute approximate surface area is 170 Å². The van der Waals surface area contributed by atoms with Gasteiger partial charge in [0.2, 0.25) is 0 Å². The van der Waals surface area contributed by atoms with Crippen LogP contribution in [0, 0.1) is 28.7 Å². The highest BCUT2D eigenvalue weighted by Crippen LogP contribution is 2.34. The predicted molar refractivity (Wildman–Crippen MR) is 107 cm³/mol. The lowest BCUT2D eigenvalue weighted by atomic mass is 9.96. The standard InChI is InChI=1S/C22H16F2N4O2/c1-14-11-15(12-16-18(23)5-2-6-19(16)24)13-17(22(14)28(29)30)20-7-3-8-21(26-20)27-10-4-9-25-27/h2-11,13H,12H2,1H3. The third kappa shape index (κ3) is 3.67. The molecule has 150 valence electrons. The van der Waals surface area contributed by atoms with Crippen molar-refractivity contribution in [1.82, 2.24) is 14.8 Å². The summed E-state index contributed by atoms with van der Waals surface area (Å²) in [6, 6.07) is 13.7. The molecule has 2 aromatic heterocycles. The Kier molecular flexibility index (Phi) is 5.05. The van der Waals surface area contributed by atoms with Gasteiger partial charge in [-0.1, -0.05) is 12.1 Å². The Morgan fingerprint density at radius 2 is 1.80 bits per heavy atom. The second-order valence-corrected chi connectivity index (χ2v) is 6.77. The number of aryl methyl sites for hydroxylation is 1. The van der Waals surface area contributed by atoms with Gasteiger partial charge in [-0.2, -0.15) is 5.10 Å².